The van der Waals surface area contributed by atoms with Crippen LogP contribution in [0.1, 0.15) is 23.7 Å². The fourth-order valence-corrected chi connectivity index (χ4v) is 2.67. The first-order chi connectivity index (χ1) is 14.5. The molecule has 1 aliphatic heterocycles. The summed E-state index contributed by atoms with van der Waals surface area (Å²) in [5.41, 5.74) is 0.530. The van der Waals surface area contributed by atoms with Crippen LogP contribution in [-0.2, 0) is 14.3 Å². The molecule has 1 heterocycles. The Balaban J connectivity index is 1.45. The summed E-state index contributed by atoms with van der Waals surface area (Å²) in [6.45, 7) is 1.02. The zero-order valence-electron chi connectivity index (χ0n) is 16.6. The first-order valence-electron chi connectivity index (χ1n) is 9.13. The minimum absolute atomic E-state index is 0.0258. The van der Waals surface area contributed by atoms with Gasteiger partial charge in [-0.25, -0.2) is 0 Å². The van der Waals surface area contributed by atoms with E-state index in [1.54, 1.807) is 31.4 Å². The van der Waals surface area contributed by atoms with Crippen LogP contribution in [0.15, 0.2) is 36.4 Å². The first-order valence-corrected chi connectivity index (χ1v) is 9.13. The lowest BCUT2D eigenvalue weighted by Crippen LogP contribution is -2.22. The first kappa shape index (κ1) is 21.0. The summed E-state index contributed by atoms with van der Waals surface area (Å²) >= 11 is 0. The largest absolute Gasteiger partial charge is 0.497 e. The molecule has 2 aromatic rings. The summed E-state index contributed by atoms with van der Waals surface area (Å²) < 4.78 is 25.9. The van der Waals surface area contributed by atoms with Gasteiger partial charge in [-0.3, -0.25) is 14.4 Å². The second kappa shape index (κ2) is 9.64. The van der Waals surface area contributed by atoms with Crippen LogP contribution in [-0.4, -0.2) is 44.8 Å². The number of hydrogen-bond donors (Lipinski definition) is 1. The number of benzene rings is 2. The van der Waals surface area contributed by atoms with Crippen LogP contribution in [0, 0.1) is 0 Å². The number of hydrogen-bond acceptors (Lipinski definition) is 8. The van der Waals surface area contributed by atoms with Crippen molar-refractivity contribution in [1.29, 1.82) is 0 Å². The number of rotatable bonds is 9. The molecule has 9 nitrogen and oxygen atoms in total. The molecule has 1 amide bonds. The van der Waals surface area contributed by atoms with Crippen LogP contribution in [0.4, 0.5) is 5.69 Å². The van der Waals surface area contributed by atoms with Crippen molar-refractivity contribution in [3.63, 3.8) is 0 Å². The predicted molar refractivity (Wildman–Crippen MR) is 105 cm³/mol. The third-order valence-electron chi connectivity index (χ3n) is 4.16. The number of nitrogens with one attached hydrogen (secondary N) is 1. The lowest BCUT2D eigenvalue weighted by Gasteiger charge is -2.11. The van der Waals surface area contributed by atoms with E-state index in [1.165, 1.54) is 19.1 Å². The van der Waals surface area contributed by atoms with Gasteiger partial charge in [0.15, 0.2) is 23.9 Å². The normalized spacial score (nSPS) is 11.5. The van der Waals surface area contributed by atoms with Crippen LogP contribution >= 0.6 is 0 Å². The van der Waals surface area contributed by atoms with E-state index in [0.717, 1.165) is 0 Å². The highest BCUT2D eigenvalue weighted by molar-refractivity contribution is 6.05. The van der Waals surface area contributed by atoms with Crippen molar-refractivity contribution in [1.82, 2.24) is 0 Å². The van der Waals surface area contributed by atoms with Crippen molar-refractivity contribution in [2.24, 2.45) is 0 Å². The van der Waals surface area contributed by atoms with Crippen LogP contribution in [0.2, 0.25) is 0 Å². The van der Waals surface area contributed by atoms with E-state index >= 15 is 0 Å². The second-order valence-corrected chi connectivity index (χ2v) is 6.29. The average Bonchev–Trinajstić information content (AvgIpc) is 3.19. The summed E-state index contributed by atoms with van der Waals surface area (Å²) in [7, 11) is 1.56. The van der Waals surface area contributed by atoms with Gasteiger partial charge in [0.1, 0.15) is 11.5 Å². The molecule has 0 radical (unpaired) electrons. The molecule has 2 aromatic carbocycles. The third kappa shape index (κ3) is 5.40. The Morgan fingerprint density at radius 2 is 1.70 bits per heavy atom. The molecule has 0 saturated heterocycles. The second-order valence-electron chi connectivity index (χ2n) is 6.29. The minimum Gasteiger partial charge on any atom is -0.497 e. The fourth-order valence-electron chi connectivity index (χ4n) is 2.67. The zero-order valence-corrected chi connectivity index (χ0v) is 16.6. The Labute approximate surface area is 172 Å². The molecule has 0 unspecified atom stereocenters. The number of ketones is 1. The number of fused-ring (bicyclic) bond motifs is 1. The van der Waals surface area contributed by atoms with Crippen LogP contribution in [0.3, 0.4) is 0 Å². The maximum atomic E-state index is 12.1. The molecule has 1 N–H and O–H groups in total. The summed E-state index contributed by atoms with van der Waals surface area (Å²) in [6.07, 6.45) is -0.0258. The van der Waals surface area contributed by atoms with Gasteiger partial charge in [-0.05, 0) is 37.3 Å². The van der Waals surface area contributed by atoms with E-state index in [0.29, 0.717) is 23.0 Å². The Hall–Kier alpha value is -3.75. The van der Waals surface area contributed by atoms with Crippen LogP contribution < -0.4 is 24.3 Å². The Bertz CT molecular complexity index is 939. The van der Waals surface area contributed by atoms with Gasteiger partial charge in [-0.1, -0.05) is 0 Å². The molecule has 0 atom stereocenters. The van der Waals surface area contributed by atoms with Gasteiger partial charge in [-0.2, -0.15) is 0 Å². The maximum Gasteiger partial charge on any atom is 0.309 e. The van der Waals surface area contributed by atoms with Gasteiger partial charge in [-0.15, -0.1) is 0 Å². The lowest BCUT2D eigenvalue weighted by molar-refractivity contribution is -0.147. The van der Waals surface area contributed by atoms with E-state index in [9.17, 15) is 14.4 Å². The predicted octanol–water partition coefficient (Wildman–Crippen LogP) is 2.58. The molecular weight excluding hydrogens is 394 g/mol. The summed E-state index contributed by atoms with van der Waals surface area (Å²) in [4.78, 5) is 35.8. The topological polar surface area (TPSA) is 109 Å². The molecule has 0 spiro atoms. The van der Waals surface area contributed by atoms with E-state index in [2.05, 4.69) is 5.32 Å². The highest BCUT2D eigenvalue weighted by atomic mass is 16.7. The molecule has 1 aliphatic rings. The van der Waals surface area contributed by atoms with Crippen molar-refractivity contribution in [3.8, 4) is 23.0 Å². The fraction of sp³-hybridized carbons (Fsp3) is 0.286. The van der Waals surface area contributed by atoms with E-state index in [-0.39, 0.29) is 36.9 Å². The number of Topliss-reactive ketones (excluding diaryl/α,β-unsaturated/α-hetero) is 1. The monoisotopic (exact) mass is 415 g/mol. The molecule has 9 heteroatoms. The molecule has 30 heavy (non-hydrogen) atoms. The molecule has 0 fully saturated rings. The van der Waals surface area contributed by atoms with Gasteiger partial charge in [0.25, 0.3) is 5.91 Å². The van der Waals surface area contributed by atoms with E-state index in [4.69, 9.17) is 23.7 Å². The van der Waals surface area contributed by atoms with Crippen LogP contribution in [0.25, 0.3) is 0 Å². The van der Waals surface area contributed by atoms with Crippen molar-refractivity contribution in [2.75, 3.05) is 32.4 Å². The average molecular weight is 415 g/mol. The number of esters is 1. The molecule has 0 aromatic heterocycles. The van der Waals surface area contributed by atoms with E-state index < -0.39 is 18.5 Å². The molecule has 158 valence electrons. The van der Waals surface area contributed by atoms with Crippen molar-refractivity contribution < 1.29 is 38.1 Å². The number of anilines is 1. The summed E-state index contributed by atoms with van der Waals surface area (Å²) in [5, 5.41) is 2.55. The third-order valence-corrected chi connectivity index (χ3v) is 4.16. The van der Waals surface area contributed by atoms with Crippen LogP contribution in [0.5, 0.6) is 23.0 Å². The summed E-state index contributed by atoms with van der Waals surface area (Å²) in [6, 6.07) is 9.92. The number of methoxy groups -OCH3 is 1. The number of ether oxygens (including phenoxy) is 5. The quantitative estimate of drug-likeness (QED) is 0.492. The standard InChI is InChI=1S/C21H21NO8/c1-13(23)16-9-18-19(30-12-29-18)10-17(16)22-20(24)11-28-21(25)7-8-27-15-5-3-14(26-2)4-6-15/h3-6,9-10H,7-8,11-12H2,1-2H3,(H,22,24). The van der Waals surface area contributed by atoms with Crippen molar-refractivity contribution >= 4 is 23.3 Å². The van der Waals surface area contributed by atoms with Gasteiger partial charge in [0.05, 0.1) is 25.8 Å². The molecule has 0 bridgehead atoms. The SMILES string of the molecule is COc1ccc(OCCC(=O)OCC(=O)Nc2cc3c(cc2C(C)=O)OCO3)cc1. The minimum atomic E-state index is -0.587. The lowest BCUT2D eigenvalue weighted by atomic mass is 10.1. The van der Waals surface area contributed by atoms with Crippen molar-refractivity contribution in [3.05, 3.63) is 42.0 Å². The Kier molecular flexibility index (Phi) is 6.74. The Morgan fingerprint density at radius 1 is 1.03 bits per heavy atom. The molecule has 0 saturated carbocycles. The molecule has 0 aliphatic carbocycles. The van der Waals surface area contributed by atoms with Gasteiger partial charge in [0.2, 0.25) is 6.79 Å². The van der Waals surface area contributed by atoms with Crippen molar-refractivity contribution in [2.45, 2.75) is 13.3 Å². The Morgan fingerprint density at radius 3 is 2.37 bits per heavy atom. The molecule has 3 rings (SSSR count). The molecular formula is C21H21NO8. The number of carbonyl (C=O) groups excluding carboxylic acids is 3. The zero-order chi connectivity index (χ0) is 21.5. The van der Waals surface area contributed by atoms with Gasteiger partial charge < -0.3 is 29.0 Å². The summed E-state index contributed by atoms with van der Waals surface area (Å²) in [5.74, 6) is 0.710. The smallest absolute Gasteiger partial charge is 0.309 e. The van der Waals surface area contributed by atoms with Gasteiger partial charge in [0, 0.05) is 11.6 Å². The highest BCUT2D eigenvalue weighted by Gasteiger charge is 2.20. The number of amides is 1. The maximum absolute atomic E-state index is 12.1. The number of carbonyl (C=O) groups is 3. The van der Waals surface area contributed by atoms with E-state index in [1.807, 2.05) is 0 Å². The van der Waals surface area contributed by atoms with Gasteiger partial charge >= 0.3 is 5.97 Å². The highest BCUT2D eigenvalue weighted by Crippen LogP contribution is 2.37.